The molecule has 0 aliphatic rings. The minimum Gasteiger partial charge on any atom is -0.398 e. The van der Waals surface area contributed by atoms with Crippen LogP contribution >= 0.6 is 11.3 Å². The van der Waals surface area contributed by atoms with E-state index in [1.54, 1.807) is 23.8 Å². The Balaban J connectivity index is 2.13. The number of rotatable bonds is 4. The van der Waals surface area contributed by atoms with E-state index in [1.807, 2.05) is 6.92 Å². The second-order valence-corrected chi connectivity index (χ2v) is 6.73. The average Bonchev–Trinajstić information content (AvgIpc) is 2.76. The Morgan fingerprint density at radius 1 is 1.50 bits per heavy atom. The fraction of sp³-hybridized carbons (Fsp3) is 0.182. The number of hydrogen-bond acceptors (Lipinski definition) is 5. The zero-order valence-corrected chi connectivity index (χ0v) is 11.4. The summed E-state index contributed by atoms with van der Waals surface area (Å²) >= 11 is 1.11. The van der Waals surface area contributed by atoms with Crippen molar-refractivity contribution in [2.45, 2.75) is 17.7 Å². The fourth-order valence-electron chi connectivity index (χ4n) is 1.42. The Bertz CT molecular complexity index is 650. The van der Waals surface area contributed by atoms with Crippen molar-refractivity contribution in [3.05, 3.63) is 41.0 Å². The SMILES string of the molecule is Cc1cnccc1CNS(=O)(=O)c1cc(N)cs1. The van der Waals surface area contributed by atoms with Crippen molar-refractivity contribution in [2.75, 3.05) is 5.73 Å². The first-order valence-electron chi connectivity index (χ1n) is 5.22. The Morgan fingerprint density at radius 3 is 2.89 bits per heavy atom. The Hall–Kier alpha value is -1.44. The zero-order valence-electron chi connectivity index (χ0n) is 9.75. The molecular formula is C11H13N3O2S2. The van der Waals surface area contributed by atoms with Gasteiger partial charge in [-0.15, -0.1) is 11.3 Å². The molecule has 0 spiro atoms. The standard InChI is InChI=1S/C11H13N3O2S2/c1-8-5-13-3-2-9(8)6-14-18(15,16)11-4-10(12)7-17-11/h2-5,7,14H,6,12H2,1H3. The van der Waals surface area contributed by atoms with Crippen LogP contribution in [-0.2, 0) is 16.6 Å². The summed E-state index contributed by atoms with van der Waals surface area (Å²) in [5.41, 5.74) is 7.83. The Labute approximate surface area is 110 Å². The number of sulfonamides is 1. The maximum atomic E-state index is 12.0. The number of aryl methyl sites for hydroxylation is 1. The lowest BCUT2D eigenvalue weighted by molar-refractivity contribution is 0.583. The van der Waals surface area contributed by atoms with Gasteiger partial charge in [-0.05, 0) is 30.2 Å². The van der Waals surface area contributed by atoms with E-state index in [-0.39, 0.29) is 10.8 Å². The molecule has 0 saturated carbocycles. The second-order valence-electron chi connectivity index (χ2n) is 3.83. The number of nitrogen functional groups attached to an aromatic ring is 1. The van der Waals surface area contributed by atoms with Crippen molar-refractivity contribution in [3.8, 4) is 0 Å². The van der Waals surface area contributed by atoms with Gasteiger partial charge in [-0.2, -0.15) is 0 Å². The van der Waals surface area contributed by atoms with Gasteiger partial charge in [0.05, 0.1) is 0 Å². The van der Waals surface area contributed by atoms with Crippen molar-refractivity contribution in [3.63, 3.8) is 0 Å². The maximum absolute atomic E-state index is 12.0. The van der Waals surface area contributed by atoms with E-state index in [1.165, 1.54) is 6.07 Å². The average molecular weight is 283 g/mol. The van der Waals surface area contributed by atoms with Gasteiger partial charge in [0.1, 0.15) is 4.21 Å². The van der Waals surface area contributed by atoms with E-state index in [0.29, 0.717) is 5.69 Å². The van der Waals surface area contributed by atoms with Crippen molar-refractivity contribution in [1.29, 1.82) is 0 Å². The van der Waals surface area contributed by atoms with Crippen LogP contribution < -0.4 is 10.5 Å². The van der Waals surface area contributed by atoms with Crippen LogP contribution in [0.5, 0.6) is 0 Å². The van der Waals surface area contributed by atoms with E-state index < -0.39 is 10.0 Å². The minimum absolute atomic E-state index is 0.228. The second kappa shape index (κ2) is 5.05. The molecule has 7 heteroatoms. The van der Waals surface area contributed by atoms with Crippen LogP contribution in [0.15, 0.2) is 34.1 Å². The highest BCUT2D eigenvalue weighted by molar-refractivity contribution is 7.91. The number of pyridine rings is 1. The molecule has 18 heavy (non-hydrogen) atoms. The molecule has 96 valence electrons. The first-order chi connectivity index (χ1) is 8.49. The molecule has 0 radical (unpaired) electrons. The van der Waals surface area contributed by atoms with Crippen molar-refractivity contribution in [1.82, 2.24) is 9.71 Å². The molecule has 2 heterocycles. The number of nitrogens with one attached hydrogen (secondary N) is 1. The summed E-state index contributed by atoms with van der Waals surface area (Å²) in [6.07, 6.45) is 3.34. The minimum atomic E-state index is -3.49. The molecule has 2 rings (SSSR count). The summed E-state index contributed by atoms with van der Waals surface area (Å²) in [5, 5.41) is 1.60. The molecule has 0 aromatic carbocycles. The number of aromatic nitrogens is 1. The summed E-state index contributed by atoms with van der Waals surface area (Å²) in [5.74, 6) is 0. The van der Waals surface area contributed by atoms with Gasteiger partial charge in [0.15, 0.2) is 0 Å². The van der Waals surface area contributed by atoms with Crippen LogP contribution in [-0.4, -0.2) is 13.4 Å². The molecule has 3 N–H and O–H groups in total. The molecule has 0 atom stereocenters. The first kappa shape index (κ1) is 13.0. The van der Waals surface area contributed by atoms with Crippen LogP contribution in [0.2, 0.25) is 0 Å². The lowest BCUT2D eigenvalue weighted by atomic mass is 10.2. The van der Waals surface area contributed by atoms with Gasteiger partial charge in [0, 0.05) is 30.0 Å². The predicted molar refractivity (Wildman–Crippen MR) is 71.7 cm³/mol. The van der Waals surface area contributed by atoms with E-state index in [4.69, 9.17) is 5.73 Å². The van der Waals surface area contributed by atoms with Gasteiger partial charge in [-0.1, -0.05) is 0 Å². The summed E-state index contributed by atoms with van der Waals surface area (Å²) in [6, 6.07) is 3.24. The summed E-state index contributed by atoms with van der Waals surface area (Å²) < 4.78 is 26.7. The number of nitrogens with two attached hydrogens (primary N) is 1. The molecule has 0 amide bonds. The summed E-state index contributed by atoms with van der Waals surface area (Å²) in [7, 11) is -3.49. The molecule has 0 saturated heterocycles. The van der Waals surface area contributed by atoms with Crippen LogP contribution in [0.3, 0.4) is 0 Å². The van der Waals surface area contributed by atoms with E-state index in [0.717, 1.165) is 22.5 Å². The zero-order chi connectivity index (χ0) is 13.2. The first-order valence-corrected chi connectivity index (χ1v) is 7.58. The molecule has 0 unspecified atom stereocenters. The number of hydrogen-bond donors (Lipinski definition) is 2. The number of anilines is 1. The number of thiophene rings is 1. The van der Waals surface area contributed by atoms with Gasteiger partial charge < -0.3 is 5.73 Å². The molecule has 0 aliphatic heterocycles. The summed E-state index contributed by atoms with van der Waals surface area (Å²) in [4.78, 5) is 3.96. The van der Waals surface area contributed by atoms with Crippen LogP contribution in [0, 0.1) is 6.92 Å². The third kappa shape index (κ3) is 2.87. The smallest absolute Gasteiger partial charge is 0.250 e. The third-order valence-corrected chi connectivity index (χ3v) is 5.31. The monoisotopic (exact) mass is 283 g/mol. The van der Waals surface area contributed by atoms with Gasteiger partial charge in [-0.3, -0.25) is 4.98 Å². The molecule has 2 aromatic rings. The van der Waals surface area contributed by atoms with E-state index in [2.05, 4.69) is 9.71 Å². The van der Waals surface area contributed by atoms with Gasteiger partial charge in [-0.25, -0.2) is 13.1 Å². The largest absolute Gasteiger partial charge is 0.398 e. The van der Waals surface area contributed by atoms with Crippen molar-refractivity contribution >= 4 is 27.0 Å². The van der Waals surface area contributed by atoms with Crippen LogP contribution in [0.4, 0.5) is 5.69 Å². The van der Waals surface area contributed by atoms with Crippen LogP contribution in [0.1, 0.15) is 11.1 Å². The van der Waals surface area contributed by atoms with E-state index >= 15 is 0 Å². The van der Waals surface area contributed by atoms with Gasteiger partial charge >= 0.3 is 0 Å². The lowest BCUT2D eigenvalue weighted by Gasteiger charge is -2.06. The van der Waals surface area contributed by atoms with Gasteiger partial charge in [0.25, 0.3) is 0 Å². The quantitative estimate of drug-likeness (QED) is 0.890. The predicted octanol–water partition coefficient (Wildman–Crippen LogP) is 1.51. The fourth-order valence-corrected chi connectivity index (χ4v) is 3.55. The highest BCUT2D eigenvalue weighted by atomic mass is 32.2. The molecule has 0 aliphatic carbocycles. The van der Waals surface area contributed by atoms with Crippen LogP contribution in [0.25, 0.3) is 0 Å². The summed E-state index contributed by atoms with van der Waals surface area (Å²) in [6.45, 7) is 2.13. The molecule has 0 fully saturated rings. The molecular weight excluding hydrogens is 270 g/mol. The molecule has 5 nitrogen and oxygen atoms in total. The van der Waals surface area contributed by atoms with Crippen molar-refractivity contribution in [2.24, 2.45) is 0 Å². The molecule has 2 aromatic heterocycles. The Morgan fingerprint density at radius 2 is 2.28 bits per heavy atom. The van der Waals surface area contributed by atoms with Gasteiger partial charge in [0.2, 0.25) is 10.0 Å². The Kier molecular flexibility index (Phi) is 3.65. The highest BCUT2D eigenvalue weighted by Crippen LogP contribution is 2.21. The topological polar surface area (TPSA) is 85.1 Å². The normalized spacial score (nSPS) is 11.6. The van der Waals surface area contributed by atoms with Crippen molar-refractivity contribution < 1.29 is 8.42 Å². The third-order valence-electron chi connectivity index (χ3n) is 2.45. The number of nitrogens with zero attached hydrogens (tertiary/aromatic N) is 1. The maximum Gasteiger partial charge on any atom is 0.250 e. The lowest BCUT2D eigenvalue weighted by Crippen LogP contribution is -2.22. The highest BCUT2D eigenvalue weighted by Gasteiger charge is 2.16. The molecule has 0 bridgehead atoms. The van der Waals surface area contributed by atoms with E-state index in [9.17, 15) is 8.42 Å².